The monoisotopic (exact) mass is 462 g/mol. The third-order valence-electron chi connectivity index (χ3n) is 4.95. The van der Waals surface area contributed by atoms with Gasteiger partial charge in [-0.3, -0.25) is 9.36 Å². The molecule has 1 amide bonds. The number of nitrogens with one attached hydrogen (secondary N) is 1. The van der Waals surface area contributed by atoms with Crippen LogP contribution >= 0.6 is 23.4 Å². The van der Waals surface area contributed by atoms with Crippen molar-refractivity contribution in [3.05, 3.63) is 89.4 Å². The molecule has 0 aliphatic rings. The van der Waals surface area contributed by atoms with Crippen molar-refractivity contribution in [2.45, 2.75) is 24.9 Å². The first-order valence-electron chi connectivity index (χ1n) is 10.3. The van der Waals surface area contributed by atoms with E-state index in [0.717, 1.165) is 22.5 Å². The molecule has 4 aromatic rings. The van der Waals surface area contributed by atoms with Crippen LogP contribution in [0.2, 0.25) is 5.02 Å². The van der Waals surface area contributed by atoms with Crippen molar-refractivity contribution in [2.24, 2.45) is 0 Å². The molecule has 0 radical (unpaired) electrons. The number of carbonyl (C=O) groups excluding carboxylic acids is 1. The van der Waals surface area contributed by atoms with E-state index in [2.05, 4.69) is 29.4 Å². The van der Waals surface area contributed by atoms with Gasteiger partial charge < -0.3 is 5.32 Å². The predicted molar refractivity (Wildman–Crippen MR) is 132 cm³/mol. The number of carbonyl (C=O) groups is 1. The number of para-hydroxylation sites is 2. The van der Waals surface area contributed by atoms with Gasteiger partial charge in [0.05, 0.1) is 10.8 Å². The molecule has 1 heterocycles. The maximum absolute atomic E-state index is 12.7. The summed E-state index contributed by atoms with van der Waals surface area (Å²) < 4.78 is 1.93. The van der Waals surface area contributed by atoms with Crippen LogP contribution < -0.4 is 5.32 Å². The number of hydrogen-bond donors (Lipinski definition) is 1. The molecule has 3 aromatic carbocycles. The Balaban J connectivity index is 1.60. The van der Waals surface area contributed by atoms with Gasteiger partial charge in [0, 0.05) is 16.9 Å². The second-order valence-electron chi connectivity index (χ2n) is 7.54. The number of rotatable bonds is 7. The summed E-state index contributed by atoms with van der Waals surface area (Å²) in [5.41, 5.74) is 3.64. The Morgan fingerprint density at radius 3 is 2.41 bits per heavy atom. The quantitative estimate of drug-likeness (QED) is 0.321. The third-order valence-corrected chi connectivity index (χ3v) is 6.21. The summed E-state index contributed by atoms with van der Waals surface area (Å²) in [6, 6.07) is 25.2. The van der Waals surface area contributed by atoms with E-state index in [-0.39, 0.29) is 11.7 Å². The summed E-state index contributed by atoms with van der Waals surface area (Å²) in [5.74, 6) is 1.07. The maximum Gasteiger partial charge on any atom is 0.234 e. The molecular weight excluding hydrogens is 440 g/mol. The zero-order valence-electron chi connectivity index (χ0n) is 17.8. The Bertz CT molecular complexity index is 1220. The normalized spacial score (nSPS) is 11.0. The Labute approximate surface area is 196 Å². The molecule has 32 heavy (non-hydrogen) atoms. The fourth-order valence-electron chi connectivity index (χ4n) is 3.42. The van der Waals surface area contributed by atoms with Gasteiger partial charge in [-0.25, -0.2) is 0 Å². The number of hydrogen-bond acceptors (Lipinski definition) is 4. The molecule has 162 valence electrons. The Morgan fingerprint density at radius 2 is 1.66 bits per heavy atom. The zero-order valence-corrected chi connectivity index (χ0v) is 19.4. The van der Waals surface area contributed by atoms with Crippen LogP contribution in [0.5, 0.6) is 0 Å². The molecule has 0 saturated heterocycles. The Kier molecular flexibility index (Phi) is 6.93. The van der Waals surface area contributed by atoms with Crippen molar-refractivity contribution in [1.29, 1.82) is 0 Å². The molecule has 0 bridgehead atoms. The Morgan fingerprint density at radius 1 is 0.969 bits per heavy atom. The molecule has 0 fully saturated rings. The largest absolute Gasteiger partial charge is 0.325 e. The standard InChI is InChI=1S/C25H23ClN4OS/c1-17(2)19-12-7-9-15-22(19)27-23(31)16-32-25-29-28-24(20-13-6-8-14-21(20)26)30(25)18-10-4-3-5-11-18/h3-15,17H,16H2,1-2H3,(H,27,31). The second-order valence-corrected chi connectivity index (χ2v) is 8.89. The van der Waals surface area contributed by atoms with Crippen molar-refractivity contribution in [2.75, 3.05) is 11.1 Å². The van der Waals surface area contributed by atoms with Gasteiger partial charge >= 0.3 is 0 Å². The molecule has 4 rings (SSSR count). The van der Waals surface area contributed by atoms with Crippen molar-refractivity contribution < 1.29 is 4.79 Å². The smallest absolute Gasteiger partial charge is 0.234 e. The van der Waals surface area contributed by atoms with E-state index in [1.807, 2.05) is 83.4 Å². The van der Waals surface area contributed by atoms with Crippen LogP contribution in [0, 0.1) is 0 Å². The van der Waals surface area contributed by atoms with E-state index in [1.54, 1.807) is 0 Å². The minimum Gasteiger partial charge on any atom is -0.325 e. The molecule has 5 nitrogen and oxygen atoms in total. The van der Waals surface area contributed by atoms with Crippen LogP contribution in [0.4, 0.5) is 5.69 Å². The molecule has 0 unspecified atom stereocenters. The zero-order chi connectivity index (χ0) is 22.5. The molecule has 0 aliphatic carbocycles. The summed E-state index contributed by atoms with van der Waals surface area (Å²) in [5, 5.41) is 13.0. The highest BCUT2D eigenvalue weighted by Crippen LogP contribution is 2.32. The number of anilines is 1. The van der Waals surface area contributed by atoms with Crippen molar-refractivity contribution >= 4 is 35.0 Å². The van der Waals surface area contributed by atoms with E-state index >= 15 is 0 Å². The molecule has 0 atom stereocenters. The minimum atomic E-state index is -0.0926. The van der Waals surface area contributed by atoms with Gasteiger partial charge in [-0.15, -0.1) is 10.2 Å². The molecule has 0 spiro atoms. The summed E-state index contributed by atoms with van der Waals surface area (Å²) in [6.45, 7) is 4.22. The van der Waals surface area contributed by atoms with Gasteiger partial charge in [-0.05, 0) is 41.8 Å². The molecule has 1 N–H and O–H groups in total. The predicted octanol–water partition coefficient (Wildman–Crippen LogP) is 6.44. The van der Waals surface area contributed by atoms with E-state index < -0.39 is 0 Å². The topological polar surface area (TPSA) is 59.8 Å². The second kappa shape index (κ2) is 10.0. The molecule has 1 aromatic heterocycles. The SMILES string of the molecule is CC(C)c1ccccc1NC(=O)CSc1nnc(-c2ccccc2Cl)n1-c1ccccc1. The van der Waals surface area contributed by atoms with Gasteiger partial charge in [0.2, 0.25) is 5.91 Å². The van der Waals surface area contributed by atoms with Crippen molar-refractivity contribution in [3.63, 3.8) is 0 Å². The van der Waals surface area contributed by atoms with Crippen LogP contribution in [0.1, 0.15) is 25.3 Å². The maximum atomic E-state index is 12.7. The van der Waals surface area contributed by atoms with Crippen LogP contribution in [0.15, 0.2) is 84.0 Å². The summed E-state index contributed by atoms with van der Waals surface area (Å²) >= 11 is 7.77. The van der Waals surface area contributed by atoms with Crippen LogP contribution in [-0.4, -0.2) is 26.4 Å². The van der Waals surface area contributed by atoms with Gasteiger partial charge in [0.15, 0.2) is 11.0 Å². The first-order valence-corrected chi connectivity index (χ1v) is 11.7. The number of halogens is 1. The highest BCUT2D eigenvalue weighted by molar-refractivity contribution is 7.99. The van der Waals surface area contributed by atoms with E-state index in [1.165, 1.54) is 11.8 Å². The third kappa shape index (κ3) is 4.87. The van der Waals surface area contributed by atoms with Gasteiger partial charge in [-0.2, -0.15) is 0 Å². The lowest BCUT2D eigenvalue weighted by Crippen LogP contribution is -2.16. The molecular formula is C25H23ClN4OS. The van der Waals surface area contributed by atoms with Gasteiger partial charge in [0.1, 0.15) is 0 Å². The lowest BCUT2D eigenvalue weighted by atomic mass is 10.0. The number of amides is 1. The number of nitrogens with zero attached hydrogens (tertiary/aromatic N) is 3. The van der Waals surface area contributed by atoms with Gasteiger partial charge in [-0.1, -0.05) is 85.7 Å². The van der Waals surface area contributed by atoms with Gasteiger partial charge in [0.25, 0.3) is 0 Å². The average molecular weight is 463 g/mol. The summed E-state index contributed by atoms with van der Waals surface area (Å²) in [4.78, 5) is 12.7. The average Bonchev–Trinajstić information content (AvgIpc) is 3.22. The first-order chi connectivity index (χ1) is 15.5. The first kappa shape index (κ1) is 22.1. The van der Waals surface area contributed by atoms with Crippen molar-refractivity contribution in [1.82, 2.24) is 14.8 Å². The lowest BCUT2D eigenvalue weighted by Gasteiger charge is -2.14. The molecule has 7 heteroatoms. The Hall–Kier alpha value is -3.09. The minimum absolute atomic E-state index is 0.0926. The fourth-order valence-corrected chi connectivity index (χ4v) is 4.39. The van der Waals surface area contributed by atoms with Crippen molar-refractivity contribution in [3.8, 4) is 17.1 Å². The van der Waals surface area contributed by atoms with Crippen LogP contribution in [0.25, 0.3) is 17.1 Å². The summed E-state index contributed by atoms with van der Waals surface area (Å²) in [7, 11) is 0. The summed E-state index contributed by atoms with van der Waals surface area (Å²) in [6.07, 6.45) is 0. The number of benzene rings is 3. The van der Waals surface area contributed by atoms with Crippen LogP contribution in [-0.2, 0) is 4.79 Å². The fraction of sp³-hybridized carbons (Fsp3) is 0.160. The van der Waals surface area contributed by atoms with E-state index in [4.69, 9.17) is 11.6 Å². The van der Waals surface area contributed by atoms with E-state index in [9.17, 15) is 4.79 Å². The number of aromatic nitrogens is 3. The van der Waals surface area contributed by atoms with Crippen LogP contribution in [0.3, 0.4) is 0 Å². The molecule has 0 saturated carbocycles. The van der Waals surface area contributed by atoms with E-state index in [0.29, 0.717) is 21.9 Å². The molecule has 0 aliphatic heterocycles. The number of thioether (sulfide) groups is 1. The highest BCUT2D eigenvalue weighted by Gasteiger charge is 2.19. The highest BCUT2D eigenvalue weighted by atomic mass is 35.5. The lowest BCUT2D eigenvalue weighted by molar-refractivity contribution is -0.113.